The SMILES string of the molecule is Cn1nc(Br)cc1-c1cccc(O)c1. The Morgan fingerprint density at radius 2 is 2.14 bits per heavy atom. The van der Waals surface area contributed by atoms with Crippen molar-refractivity contribution in [3.63, 3.8) is 0 Å². The number of hydrogen-bond donors (Lipinski definition) is 1. The molecule has 0 aliphatic rings. The van der Waals surface area contributed by atoms with E-state index in [1.54, 1.807) is 16.8 Å². The quantitative estimate of drug-likeness (QED) is 0.848. The van der Waals surface area contributed by atoms with E-state index in [4.69, 9.17) is 0 Å². The van der Waals surface area contributed by atoms with Gasteiger partial charge in [0, 0.05) is 12.6 Å². The first kappa shape index (κ1) is 9.27. The van der Waals surface area contributed by atoms with E-state index in [-0.39, 0.29) is 5.75 Å². The Bertz CT molecular complexity index is 465. The highest BCUT2D eigenvalue weighted by atomic mass is 79.9. The third-order valence-corrected chi connectivity index (χ3v) is 2.38. The van der Waals surface area contributed by atoms with Gasteiger partial charge in [0.25, 0.3) is 0 Å². The maximum Gasteiger partial charge on any atom is 0.128 e. The molecule has 1 heterocycles. The highest BCUT2D eigenvalue weighted by molar-refractivity contribution is 9.10. The van der Waals surface area contributed by atoms with Gasteiger partial charge >= 0.3 is 0 Å². The molecule has 0 amide bonds. The van der Waals surface area contributed by atoms with Crippen molar-refractivity contribution in [2.75, 3.05) is 0 Å². The van der Waals surface area contributed by atoms with E-state index in [0.29, 0.717) is 0 Å². The van der Waals surface area contributed by atoms with Gasteiger partial charge in [-0.15, -0.1) is 0 Å². The van der Waals surface area contributed by atoms with E-state index < -0.39 is 0 Å². The summed E-state index contributed by atoms with van der Waals surface area (Å²) >= 11 is 3.30. The number of hydrogen-bond acceptors (Lipinski definition) is 2. The molecular formula is C10H9BrN2O. The number of rotatable bonds is 1. The van der Waals surface area contributed by atoms with Gasteiger partial charge in [-0.1, -0.05) is 12.1 Å². The van der Waals surface area contributed by atoms with Crippen LogP contribution in [0.2, 0.25) is 0 Å². The zero-order valence-electron chi connectivity index (χ0n) is 7.61. The molecule has 0 radical (unpaired) electrons. The summed E-state index contributed by atoms with van der Waals surface area (Å²) in [6.07, 6.45) is 0. The van der Waals surface area contributed by atoms with Gasteiger partial charge < -0.3 is 5.11 Å². The number of nitrogens with zero attached hydrogens (tertiary/aromatic N) is 2. The number of aromatic nitrogens is 2. The molecule has 0 atom stereocenters. The lowest BCUT2D eigenvalue weighted by atomic mass is 10.1. The smallest absolute Gasteiger partial charge is 0.128 e. The van der Waals surface area contributed by atoms with Crippen LogP contribution >= 0.6 is 15.9 Å². The van der Waals surface area contributed by atoms with Crippen LogP contribution in [0.25, 0.3) is 11.3 Å². The van der Waals surface area contributed by atoms with Gasteiger partial charge in [-0.3, -0.25) is 4.68 Å². The number of aryl methyl sites for hydroxylation is 1. The first-order chi connectivity index (χ1) is 6.66. The van der Waals surface area contributed by atoms with E-state index in [0.717, 1.165) is 15.9 Å². The molecular weight excluding hydrogens is 244 g/mol. The summed E-state index contributed by atoms with van der Waals surface area (Å²) in [7, 11) is 1.87. The van der Waals surface area contributed by atoms with E-state index in [1.165, 1.54) is 0 Å². The van der Waals surface area contributed by atoms with Crippen LogP contribution in [0.5, 0.6) is 5.75 Å². The lowest BCUT2D eigenvalue weighted by Crippen LogP contribution is -1.92. The maximum absolute atomic E-state index is 9.33. The largest absolute Gasteiger partial charge is 0.508 e. The minimum Gasteiger partial charge on any atom is -0.508 e. The van der Waals surface area contributed by atoms with Crippen LogP contribution in [0.4, 0.5) is 0 Å². The lowest BCUT2D eigenvalue weighted by Gasteiger charge is -2.01. The maximum atomic E-state index is 9.33. The van der Waals surface area contributed by atoms with Crippen molar-refractivity contribution >= 4 is 15.9 Å². The summed E-state index contributed by atoms with van der Waals surface area (Å²) in [5.41, 5.74) is 1.92. The molecule has 0 spiro atoms. The van der Waals surface area contributed by atoms with Gasteiger partial charge in [-0.2, -0.15) is 5.10 Å². The standard InChI is InChI=1S/C10H9BrN2O/c1-13-9(6-10(11)12-13)7-3-2-4-8(14)5-7/h2-6,14H,1H3. The van der Waals surface area contributed by atoms with Crippen LogP contribution < -0.4 is 0 Å². The van der Waals surface area contributed by atoms with Crippen molar-refractivity contribution in [2.45, 2.75) is 0 Å². The summed E-state index contributed by atoms with van der Waals surface area (Å²) in [6.45, 7) is 0. The van der Waals surface area contributed by atoms with Crippen LogP contribution in [0.15, 0.2) is 34.9 Å². The monoisotopic (exact) mass is 252 g/mol. The number of phenols is 1. The Morgan fingerprint density at radius 3 is 2.71 bits per heavy atom. The van der Waals surface area contributed by atoms with Gasteiger partial charge in [0.2, 0.25) is 0 Å². The molecule has 3 nitrogen and oxygen atoms in total. The normalized spacial score (nSPS) is 10.4. The van der Waals surface area contributed by atoms with E-state index in [2.05, 4.69) is 21.0 Å². The fourth-order valence-electron chi connectivity index (χ4n) is 1.37. The Hall–Kier alpha value is -1.29. The molecule has 72 valence electrons. The molecule has 1 N–H and O–H groups in total. The average molecular weight is 253 g/mol. The van der Waals surface area contributed by atoms with Crippen LogP contribution in [-0.4, -0.2) is 14.9 Å². The second kappa shape index (κ2) is 3.46. The Labute approximate surface area is 90.1 Å². The van der Waals surface area contributed by atoms with Crippen molar-refractivity contribution in [1.29, 1.82) is 0 Å². The van der Waals surface area contributed by atoms with Crippen LogP contribution in [0.1, 0.15) is 0 Å². The molecule has 1 aromatic heterocycles. The Morgan fingerprint density at radius 1 is 1.36 bits per heavy atom. The summed E-state index contributed by atoms with van der Waals surface area (Å²) in [5.74, 6) is 0.264. The minimum atomic E-state index is 0.264. The van der Waals surface area contributed by atoms with Gasteiger partial charge in [0.15, 0.2) is 0 Å². The van der Waals surface area contributed by atoms with Crippen molar-refractivity contribution in [1.82, 2.24) is 9.78 Å². The van der Waals surface area contributed by atoms with Crippen LogP contribution in [0, 0.1) is 0 Å². The van der Waals surface area contributed by atoms with Crippen molar-refractivity contribution in [3.05, 3.63) is 34.9 Å². The summed E-state index contributed by atoms with van der Waals surface area (Å²) in [5, 5.41) is 13.5. The molecule has 0 aliphatic heterocycles. The molecule has 14 heavy (non-hydrogen) atoms. The Kier molecular flexibility index (Phi) is 2.29. The van der Waals surface area contributed by atoms with Crippen LogP contribution in [0.3, 0.4) is 0 Å². The number of halogens is 1. The highest BCUT2D eigenvalue weighted by Gasteiger charge is 2.05. The summed E-state index contributed by atoms with van der Waals surface area (Å²) in [4.78, 5) is 0. The average Bonchev–Trinajstić information content (AvgIpc) is 2.45. The third kappa shape index (κ3) is 1.65. The number of aromatic hydroxyl groups is 1. The van der Waals surface area contributed by atoms with Gasteiger partial charge in [-0.05, 0) is 34.1 Å². The molecule has 2 rings (SSSR count). The topological polar surface area (TPSA) is 38.0 Å². The zero-order chi connectivity index (χ0) is 10.1. The van der Waals surface area contributed by atoms with Crippen molar-refractivity contribution in [3.8, 4) is 17.0 Å². The molecule has 0 bridgehead atoms. The summed E-state index contributed by atoms with van der Waals surface area (Å²) < 4.78 is 2.55. The predicted molar refractivity (Wildman–Crippen MR) is 58.0 cm³/mol. The molecule has 1 aromatic carbocycles. The van der Waals surface area contributed by atoms with Crippen LogP contribution in [-0.2, 0) is 7.05 Å². The highest BCUT2D eigenvalue weighted by Crippen LogP contribution is 2.24. The molecule has 0 unspecified atom stereocenters. The van der Waals surface area contributed by atoms with E-state index in [9.17, 15) is 5.11 Å². The Balaban J connectivity index is 2.54. The minimum absolute atomic E-state index is 0.264. The second-order valence-corrected chi connectivity index (χ2v) is 3.84. The lowest BCUT2D eigenvalue weighted by molar-refractivity contribution is 0.475. The summed E-state index contributed by atoms with van der Waals surface area (Å²) in [6, 6.07) is 9.02. The molecule has 0 aliphatic carbocycles. The molecule has 0 saturated heterocycles. The molecule has 2 aromatic rings. The first-order valence-electron chi connectivity index (χ1n) is 4.16. The predicted octanol–water partition coefficient (Wildman–Crippen LogP) is 2.56. The van der Waals surface area contributed by atoms with E-state index in [1.807, 2.05) is 25.2 Å². The third-order valence-electron chi connectivity index (χ3n) is 1.99. The van der Waals surface area contributed by atoms with E-state index >= 15 is 0 Å². The van der Waals surface area contributed by atoms with Gasteiger partial charge in [0.1, 0.15) is 10.4 Å². The zero-order valence-corrected chi connectivity index (χ0v) is 9.19. The van der Waals surface area contributed by atoms with Gasteiger partial charge in [-0.25, -0.2) is 0 Å². The van der Waals surface area contributed by atoms with Gasteiger partial charge in [0.05, 0.1) is 5.69 Å². The second-order valence-electron chi connectivity index (χ2n) is 3.03. The fourth-order valence-corrected chi connectivity index (χ4v) is 1.82. The van der Waals surface area contributed by atoms with Crippen molar-refractivity contribution < 1.29 is 5.11 Å². The molecule has 0 saturated carbocycles. The fraction of sp³-hybridized carbons (Fsp3) is 0.100. The first-order valence-corrected chi connectivity index (χ1v) is 4.95. The molecule has 4 heteroatoms. The van der Waals surface area contributed by atoms with Crippen molar-refractivity contribution in [2.24, 2.45) is 7.05 Å². The number of benzene rings is 1. The molecule has 0 fully saturated rings. The number of phenolic OH excluding ortho intramolecular Hbond substituents is 1.